The molecule has 1 aromatic heterocycles. The molecule has 10 aromatic rings. The van der Waals surface area contributed by atoms with Gasteiger partial charge >= 0.3 is 0 Å². The highest BCUT2D eigenvalue weighted by Crippen LogP contribution is 2.59. The summed E-state index contributed by atoms with van der Waals surface area (Å²) < 4.78 is 31.3. The highest BCUT2D eigenvalue weighted by atomic mass is 16.8. The van der Waals surface area contributed by atoms with E-state index < -0.39 is 58.4 Å². The Kier molecular flexibility index (Phi) is 15.8. The van der Waals surface area contributed by atoms with Crippen molar-refractivity contribution < 1.29 is 39.4 Å². The van der Waals surface area contributed by atoms with Crippen LogP contribution in [0.5, 0.6) is 0 Å². The summed E-state index contributed by atoms with van der Waals surface area (Å²) in [7, 11) is 0. The molecule has 84 heavy (non-hydrogen) atoms. The summed E-state index contributed by atoms with van der Waals surface area (Å²) in [5.41, 5.74) is -1.56. The van der Waals surface area contributed by atoms with Crippen LogP contribution in [-0.4, -0.2) is 61.0 Å². The molecule has 1 aliphatic carbocycles. The lowest BCUT2D eigenvalue weighted by Gasteiger charge is -2.42. The first kappa shape index (κ1) is 56.1. The van der Waals surface area contributed by atoms with Crippen LogP contribution >= 0.6 is 0 Å². The predicted molar refractivity (Wildman–Crippen MR) is 323 cm³/mol. The summed E-state index contributed by atoms with van der Waals surface area (Å²) in [4.78, 5) is 11.4. The lowest BCUT2D eigenvalue weighted by atomic mass is 9.72. The Morgan fingerprint density at radius 2 is 0.512 bits per heavy atom. The van der Waals surface area contributed by atoms with E-state index in [4.69, 9.17) is 18.9 Å². The molecule has 10 nitrogen and oxygen atoms in total. The normalized spacial score (nSPS) is 19.3. The van der Waals surface area contributed by atoms with Crippen molar-refractivity contribution in [3.05, 3.63) is 358 Å². The minimum Gasteiger partial charge on any atom is -0.378 e. The molecular weight excluding hydrogens is 1050 g/mol. The van der Waals surface area contributed by atoms with Gasteiger partial charge in [0.25, 0.3) is 5.56 Å². The predicted octanol–water partition coefficient (Wildman–Crippen LogP) is 12.2. The molecule has 3 heterocycles. The van der Waals surface area contributed by atoms with Gasteiger partial charge in [-0.15, -0.1) is 0 Å². The Labute approximate surface area is 490 Å². The smallest absolute Gasteiger partial charge is 0.250 e. The van der Waals surface area contributed by atoms with Gasteiger partial charge in [0.2, 0.25) is 0 Å². The fourth-order valence-electron chi connectivity index (χ4n) is 12.8. The van der Waals surface area contributed by atoms with Gasteiger partial charge in [-0.3, -0.25) is 4.79 Å². The fourth-order valence-corrected chi connectivity index (χ4v) is 12.8. The molecular formula is C74H67NO9. The largest absolute Gasteiger partial charge is 0.378 e. The van der Waals surface area contributed by atoms with Gasteiger partial charge in [0.1, 0.15) is 46.8 Å². The third-order valence-electron chi connectivity index (χ3n) is 17.1. The van der Waals surface area contributed by atoms with Crippen LogP contribution in [0.25, 0.3) is 0 Å². The highest BCUT2D eigenvalue weighted by molar-refractivity contribution is 5.46. The van der Waals surface area contributed by atoms with Crippen LogP contribution in [0.4, 0.5) is 0 Å². The van der Waals surface area contributed by atoms with Crippen LogP contribution in [-0.2, 0) is 47.9 Å². The lowest BCUT2D eigenvalue weighted by molar-refractivity contribution is -0.278. The van der Waals surface area contributed by atoms with Crippen LogP contribution in [0.3, 0.4) is 0 Å². The molecule has 0 bridgehead atoms. The molecule has 9 aromatic carbocycles. The first-order valence-electron chi connectivity index (χ1n) is 28.7. The SMILES string of the molecule is O=c1ccccn1Cc1ccccc1.OC(c1ccccc1)(c1ccccc1)[C@@H]1OC2(CCC3(CC2)O[C@@H](C(O)(c2ccccc2)c2ccccc2)[C@H](C(O)(c2ccccc2)c2ccccc2)O3)O[C@H]1C(O)(c1ccccc1)c1ccccc1. The van der Waals surface area contributed by atoms with E-state index in [9.17, 15) is 25.2 Å². The van der Waals surface area contributed by atoms with E-state index in [2.05, 4.69) is 0 Å². The Balaban J connectivity index is 0.000000433. The average molecular weight is 1110 g/mol. The average Bonchev–Trinajstić information content (AvgIpc) is 1.85. The molecule has 1 saturated carbocycles. The van der Waals surface area contributed by atoms with E-state index in [0.29, 0.717) is 51.1 Å². The second-order valence-electron chi connectivity index (χ2n) is 22.1. The van der Waals surface area contributed by atoms with Gasteiger partial charge in [0, 0.05) is 37.9 Å². The van der Waals surface area contributed by atoms with Gasteiger partial charge in [0.05, 0.1) is 6.54 Å². The topological polar surface area (TPSA) is 140 Å². The molecule has 3 fully saturated rings. The van der Waals surface area contributed by atoms with Crippen molar-refractivity contribution in [3.63, 3.8) is 0 Å². The number of rotatable bonds is 14. The fraction of sp³-hybridized carbons (Fsp3) is 0.203. The molecule has 10 heteroatoms. The summed E-state index contributed by atoms with van der Waals surface area (Å²) in [6, 6.07) is 90.5. The molecule has 0 unspecified atom stereocenters. The minimum atomic E-state index is -1.83. The van der Waals surface area contributed by atoms with E-state index >= 15 is 0 Å². The zero-order valence-corrected chi connectivity index (χ0v) is 46.4. The highest BCUT2D eigenvalue weighted by Gasteiger charge is 2.68. The van der Waals surface area contributed by atoms with Crippen molar-refractivity contribution in [1.82, 2.24) is 4.57 Å². The molecule has 4 atom stereocenters. The summed E-state index contributed by atoms with van der Waals surface area (Å²) in [6.45, 7) is 0.639. The zero-order chi connectivity index (χ0) is 57.7. The van der Waals surface area contributed by atoms with Gasteiger partial charge in [0.15, 0.2) is 11.6 Å². The summed E-state index contributed by atoms with van der Waals surface area (Å²) in [5, 5.41) is 54.6. The maximum absolute atomic E-state index is 13.7. The van der Waals surface area contributed by atoms with Gasteiger partial charge in [-0.1, -0.05) is 279 Å². The maximum Gasteiger partial charge on any atom is 0.250 e. The van der Waals surface area contributed by atoms with Crippen molar-refractivity contribution >= 4 is 0 Å². The summed E-state index contributed by atoms with van der Waals surface area (Å²) in [6.07, 6.45) is -2.11. The molecule has 13 rings (SSSR count). The van der Waals surface area contributed by atoms with Crippen molar-refractivity contribution in [3.8, 4) is 0 Å². The van der Waals surface area contributed by atoms with Crippen molar-refractivity contribution in [2.75, 3.05) is 0 Å². The number of benzene rings is 9. The first-order valence-corrected chi connectivity index (χ1v) is 28.7. The van der Waals surface area contributed by atoms with Gasteiger partial charge < -0.3 is 43.9 Å². The van der Waals surface area contributed by atoms with Gasteiger partial charge in [-0.05, 0) is 56.1 Å². The lowest BCUT2D eigenvalue weighted by Crippen LogP contribution is -2.54. The molecule has 2 saturated heterocycles. The number of hydrogen-bond donors (Lipinski definition) is 4. The van der Waals surface area contributed by atoms with E-state index in [1.54, 1.807) is 22.9 Å². The standard InChI is InChI=1S/C62H56O8.C12H11NO/c63-59(45-25-9-1-10-26-45,46-27-11-2-12-28-46)53-54(60(64,47-29-13-3-14-30-47)48-31-15-4-16-32-48)68-57(67-53)41-43-58(44-42-57)69-55(61(65,49-33-17-5-18-34-49)50-35-19-6-20-36-50)56(70-58)62(66,51-37-21-7-22-38-51)52-39-23-8-24-40-52;14-12-8-4-5-9-13(12)10-11-6-2-1-3-7-11/h1-40,53-56,63-66H,41-44H2;1-9H,10H2/t53-,54-,55-,56-;/m1./s1. The second kappa shape index (κ2) is 23.7. The van der Waals surface area contributed by atoms with E-state index in [-0.39, 0.29) is 31.2 Å². The van der Waals surface area contributed by atoms with Gasteiger partial charge in [-0.2, -0.15) is 0 Å². The number of hydrogen-bond acceptors (Lipinski definition) is 9. The van der Waals surface area contributed by atoms with Crippen molar-refractivity contribution in [1.29, 1.82) is 0 Å². The zero-order valence-electron chi connectivity index (χ0n) is 46.4. The Morgan fingerprint density at radius 3 is 0.726 bits per heavy atom. The number of ether oxygens (including phenoxy) is 4. The van der Waals surface area contributed by atoms with Crippen LogP contribution in [0.15, 0.2) is 302 Å². The third kappa shape index (κ3) is 10.5. The van der Waals surface area contributed by atoms with Crippen molar-refractivity contribution in [2.45, 2.75) is 90.6 Å². The van der Waals surface area contributed by atoms with Gasteiger partial charge in [-0.25, -0.2) is 0 Å². The number of nitrogens with zero attached hydrogens (tertiary/aromatic N) is 1. The number of aromatic nitrogens is 1. The van der Waals surface area contributed by atoms with E-state index in [1.807, 2.05) is 279 Å². The summed E-state index contributed by atoms with van der Waals surface area (Å²) >= 11 is 0. The molecule has 2 aliphatic heterocycles. The molecule has 3 aliphatic rings. The minimum absolute atomic E-state index is 0.0383. The Hall–Kier alpha value is -8.39. The van der Waals surface area contributed by atoms with Crippen LogP contribution in [0.1, 0.15) is 75.8 Å². The molecule has 2 spiro atoms. The van der Waals surface area contributed by atoms with Crippen LogP contribution < -0.4 is 5.56 Å². The first-order chi connectivity index (χ1) is 41.0. The second-order valence-corrected chi connectivity index (χ2v) is 22.1. The van der Waals surface area contributed by atoms with Crippen LogP contribution in [0.2, 0.25) is 0 Å². The Morgan fingerprint density at radius 1 is 0.310 bits per heavy atom. The molecule has 422 valence electrons. The molecule has 4 N–H and O–H groups in total. The van der Waals surface area contributed by atoms with Crippen LogP contribution in [0, 0.1) is 0 Å². The third-order valence-corrected chi connectivity index (χ3v) is 17.1. The molecule has 0 amide bonds. The number of aliphatic hydroxyl groups is 4. The summed E-state index contributed by atoms with van der Waals surface area (Å²) in [5.74, 6) is -2.75. The monoisotopic (exact) mass is 1110 g/mol. The van der Waals surface area contributed by atoms with E-state index in [1.165, 1.54) is 0 Å². The maximum atomic E-state index is 13.7. The molecule has 0 radical (unpaired) electrons. The van der Waals surface area contributed by atoms with E-state index in [0.717, 1.165) is 5.56 Å². The van der Waals surface area contributed by atoms with Crippen molar-refractivity contribution in [2.24, 2.45) is 0 Å². The quantitative estimate of drug-likeness (QED) is 0.0838. The number of pyridine rings is 1. The Bertz CT molecular complexity index is 3200.